The summed E-state index contributed by atoms with van der Waals surface area (Å²) in [7, 11) is 0. The van der Waals surface area contributed by atoms with Crippen molar-refractivity contribution in [2.45, 2.75) is 40.0 Å². The average Bonchev–Trinajstić information content (AvgIpc) is 2.96. The van der Waals surface area contributed by atoms with Gasteiger partial charge in [0.25, 0.3) is 5.91 Å². The van der Waals surface area contributed by atoms with Gasteiger partial charge >= 0.3 is 0 Å². The van der Waals surface area contributed by atoms with Gasteiger partial charge in [-0.2, -0.15) is 0 Å². The van der Waals surface area contributed by atoms with Gasteiger partial charge in [-0.25, -0.2) is 9.97 Å². The molecule has 0 saturated heterocycles. The summed E-state index contributed by atoms with van der Waals surface area (Å²) in [5.41, 5.74) is 1.68. The van der Waals surface area contributed by atoms with E-state index in [0.29, 0.717) is 12.2 Å². The summed E-state index contributed by atoms with van der Waals surface area (Å²) in [4.78, 5) is 20.3. The number of aromatic amines is 1. The van der Waals surface area contributed by atoms with E-state index in [9.17, 15) is 4.79 Å². The number of aromatic nitrogens is 6. The summed E-state index contributed by atoms with van der Waals surface area (Å²) in [6.07, 6.45) is 2.18. The highest BCUT2D eigenvalue weighted by molar-refractivity contribution is 6.00. The largest absolute Gasteiger partial charge is 0.297 e. The van der Waals surface area contributed by atoms with Crippen molar-refractivity contribution in [3.05, 3.63) is 23.0 Å². The summed E-state index contributed by atoms with van der Waals surface area (Å²) in [5.74, 6) is 0.453. The van der Waals surface area contributed by atoms with Gasteiger partial charge in [0.15, 0.2) is 0 Å². The van der Waals surface area contributed by atoms with E-state index in [2.05, 4.69) is 35.7 Å². The molecule has 0 unspecified atom stereocenters. The predicted octanol–water partition coefficient (Wildman–Crippen LogP) is 0.929. The van der Waals surface area contributed by atoms with E-state index in [-0.39, 0.29) is 11.8 Å². The number of carbonyl (C=O) groups is 1. The van der Waals surface area contributed by atoms with Crippen LogP contribution in [0.2, 0.25) is 0 Å². The first-order valence-electron chi connectivity index (χ1n) is 6.62. The fourth-order valence-corrected chi connectivity index (χ4v) is 1.70. The monoisotopic (exact) mass is 275 g/mol. The minimum Gasteiger partial charge on any atom is -0.286 e. The SMILES string of the molecule is CCc1nc(C(=O)Nc2nnc(CC)c(CC)n2)n[nH]1. The van der Waals surface area contributed by atoms with Crippen molar-refractivity contribution in [3.63, 3.8) is 0 Å². The molecule has 106 valence electrons. The highest BCUT2D eigenvalue weighted by Gasteiger charge is 2.14. The van der Waals surface area contributed by atoms with Gasteiger partial charge in [-0.1, -0.05) is 20.8 Å². The molecule has 0 aromatic carbocycles. The Labute approximate surface area is 116 Å². The van der Waals surface area contributed by atoms with Gasteiger partial charge < -0.3 is 0 Å². The van der Waals surface area contributed by atoms with Crippen molar-refractivity contribution in [2.75, 3.05) is 5.32 Å². The van der Waals surface area contributed by atoms with Crippen LogP contribution in [0.1, 0.15) is 48.6 Å². The molecule has 2 heterocycles. The number of aryl methyl sites for hydroxylation is 3. The molecule has 0 aliphatic heterocycles. The molecule has 2 aromatic heterocycles. The topological polar surface area (TPSA) is 109 Å². The van der Waals surface area contributed by atoms with Gasteiger partial charge in [0.05, 0.1) is 11.4 Å². The Morgan fingerprint density at radius 2 is 1.80 bits per heavy atom. The molecule has 0 radical (unpaired) electrons. The first-order valence-corrected chi connectivity index (χ1v) is 6.62. The zero-order chi connectivity index (χ0) is 14.5. The number of hydrogen-bond acceptors (Lipinski definition) is 6. The number of H-pyrrole nitrogens is 1. The molecule has 0 atom stereocenters. The highest BCUT2D eigenvalue weighted by Crippen LogP contribution is 2.07. The maximum atomic E-state index is 11.9. The molecule has 2 aromatic rings. The lowest BCUT2D eigenvalue weighted by atomic mass is 10.2. The number of rotatable bonds is 5. The van der Waals surface area contributed by atoms with Crippen molar-refractivity contribution in [2.24, 2.45) is 0 Å². The van der Waals surface area contributed by atoms with Crippen LogP contribution in [-0.2, 0) is 19.3 Å². The molecule has 0 spiro atoms. The van der Waals surface area contributed by atoms with Crippen LogP contribution >= 0.6 is 0 Å². The van der Waals surface area contributed by atoms with Crippen LogP contribution in [0.5, 0.6) is 0 Å². The van der Waals surface area contributed by atoms with Gasteiger partial charge in [-0.15, -0.1) is 15.3 Å². The number of anilines is 1. The fraction of sp³-hybridized carbons (Fsp3) is 0.500. The number of nitrogens with one attached hydrogen (secondary N) is 2. The number of amides is 1. The third-order valence-corrected chi connectivity index (χ3v) is 2.80. The second-order valence-electron chi connectivity index (χ2n) is 4.15. The molecule has 0 bridgehead atoms. The molecule has 0 fully saturated rings. The van der Waals surface area contributed by atoms with Crippen LogP contribution < -0.4 is 5.32 Å². The predicted molar refractivity (Wildman–Crippen MR) is 72.3 cm³/mol. The van der Waals surface area contributed by atoms with Gasteiger partial charge in [-0.05, 0) is 12.8 Å². The third-order valence-electron chi connectivity index (χ3n) is 2.80. The maximum absolute atomic E-state index is 11.9. The van der Waals surface area contributed by atoms with Crippen molar-refractivity contribution < 1.29 is 4.79 Å². The standard InChI is InChI=1S/C12H17N7O/c1-4-7-8(5-2)16-19-12(13-7)15-11(20)10-14-9(6-3)17-18-10/h4-6H2,1-3H3,(H,14,17,18)(H,13,15,19,20). The van der Waals surface area contributed by atoms with E-state index in [4.69, 9.17) is 0 Å². The zero-order valence-corrected chi connectivity index (χ0v) is 11.8. The Morgan fingerprint density at radius 3 is 2.40 bits per heavy atom. The second-order valence-corrected chi connectivity index (χ2v) is 4.15. The summed E-state index contributed by atoms with van der Waals surface area (Å²) in [6, 6.07) is 0. The molecular formula is C12H17N7O. The number of carbonyl (C=O) groups excluding carboxylic acids is 1. The van der Waals surface area contributed by atoms with Crippen molar-refractivity contribution in [3.8, 4) is 0 Å². The maximum Gasteiger partial charge on any atom is 0.297 e. The van der Waals surface area contributed by atoms with E-state index in [1.54, 1.807) is 0 Å². The van der Waals surface area contributed by atoms with Crippen LogP contribution in [0.3, 0.4) is 0 Å². The molecule has 2 N–H and O–H groups in total. The summed E-state index contributed by atoms with van der Waals surface area (Å²) >= 11 is 0. The van der Waals surface area contributed by atoms with Gasteiger partial charge in [0, 0.05) is 6.42 Å². The molecular weight excluding hydrogens is 258 g/mol. The van der Waals surface area contributed by atoms with Gasteiger partial charge in [0.1, 0.15) is 5.82 Å². The first kappa shape index (κ1) is 14.0. The van der Waals surface area contributed by atoms with E-state index >= 15 is 0 Å². The molecule has 8 nitrogen and oxygen atoms in total. The minimum atomic E-state index is -0.450. The minimum absolute atomic E-state index is 0.0723. The van der Waals surface area contributed by atoms with Crippen LogP contribution in [0.4, 0.5) is 5.95 Å². The molecule has 20 heavy (non-hydrogen) atoms. The van der Waals surface area contributed by atoms with Crippen LogP contribution in [0.25, 0.3) is 0 Å². The Balaban J connectivity index is 2.15. The van der Waals surface area contributed by atoms with E-state index in [1.165, 1.54) is 0 Å². The van der Waals surface area contributed by atoms with Crippen molar-refractivity contribution in [1.29, 1.82) is 0 Å². The lowest BCUT2D eigenvalue weighted by Gasteiger charge is -2.05. The quantitative estimate of drug-likeness (QED) is 0.840. The van der Waals surface area contributed by atoms with E-state index < -0.39 is 5.91 Å². The van der Waals surface area contributed by atoms with E-state index in [0.717, 1.165) is 24.2 Å². The Morgan fingerprint density at radius 1 is 1.05 bits per heavy atom. The van der Waals surface area contributed by atoms with Crippen LogP contribution in [0, 0.1) is 0 Å². The Bertz CT molecular complexity index is 608. The second kappa shape index (κ2) is 6.18. The molecule has 0 aliphatic carbocycles. The molecule has 0 aliphatic rings. The molecule has 8 heteroatoms. The molecule has 1 amide bonds. The lowest BCUT2D eigenvalue weighted by Crippen LogP contribution is -2.17. The zero-order valence-electron chi connectivity index (χ0n) is 11.8. The summed E-state index contributed by atoms with van der Waals surface area (Å²) < 4.78 is 0. The van der Waals surface area contributed by atoms with Gasteiger partial charge in [0.2, 0.25) is 11.8 Å². The normalized spacial score (nSPS) is 10.6. The lowest BCUT2D eigenvalue weighted by molar-refractivity contribution is 0.101. The Kier molecular flexibility index (Phi) is 4.34. The molecule has 2 rings (SSSR count). The van der Waals surface area contributed by atoms with Crippen LogP contribution in [0.15, 0.2) is 0 Å². The fourth-order valence-electron chi connectivity index (χ4n) is 1.70. The van der Waals surface area contributed by atoms with Crippen molar-refractivity contribution >= 4 is 11.9 Å². The number of hydrogen-bond donors (Lipinski definition) is 2. The Hall–Kier alpha value is -2.38. The smallest absolute Gasteiger partial charge is 0.286 e. The van der Waals surface area contributed by atoms with Gasteiger partial charge in [-0.3, -0.25) is 15.2 Å². The third kappa shape index (κ3) is 2.95. The van der Waals surface area contributed by atoms with Crippen LogP contribution in [-0.4, -0.2) is 36.3 Å². The average molecular weight is 275 g/mol. The summed E-state index contributed by atoms with van der Waals surface area (Å²) in [6.45, 7) is 5.90. The highest BCUT2D eigenvalue weighted by atomic mass is 16.2. The summed E-state index contributed by atoms with van der Waals surface area (Å²) in [5, 5.41) is 17.0. The van der Waals surface area contributed by atoms with Crippen molar-refractivity contribution in [1.82, 2.24) is 30.4 Å². The number of nitrogens with zero attached hydrogens (tertiary/aromatic N) is 5. The first-order chi connectivity index (χ1) is 9.67. The molecule has 0 saturated carbocycles. The van der Waals surface area contributed by atoms with E-state index in [1.807, 2.05) is 20.8 Å².